The van der Waals surface area contributed by atoms with Crippen LogP contribution in [0.3, 0.4) is 0 Å². The molecule has 17 heavy (non-hydrogen) atoms. The fourth-order valence-electron chi connectivity index (χ4n) is 1.53. The third-order valence-corrected chi connectivity index (χ3v) is 2.53. The Bertz CT molecular complexity index is 509. The molecule has 0 fully saturated rings. The molecule has 1 aromatic carbocycles. The average molecular weight is 228 g/mol. The van der Waals surface area contributed by atoms with Gasteiger partial charge in [0.05, 0.1) is 17.4 Å². The van der Waals surface area contributed by atoms with Crippen molar-refractivity contribution >= 4 is 17.3 Å². The molecule has 0 saturated heterocycles. The minimum atomic E-state index is -0.916. The lowest BCUT2D eigenvalue weighted by molar-refractivity contribution is 0.0697. The molecule has 0 spiro atoms. The maximum Gasteiger partial charge on any atom is 0.335 e. The minimum absolute atomic E-state index is 0.285. The predicted molar refractivity (Wildman–Crippen MR) is 65.7 cm³/mol. The molecule has 0 amide bonds. The molecule has 4 heteroatoms. The van der Waals surface area contributed by atoms with Crippen molar-refractivity contribution in [1.82, 2.24) is 4.98 Å². The molecule has 0 bridgehead atoms. The van der Waals surface area contributed by atoms with E-state index in [-0.39, 0.29) is 5.56 Å². The van der Waals surface area contributed by atoms with E-state index in [0.29, 0.717) is 0 Å². The summed E-state index contributed by atoms with van der Waals surface area (Å²) in [5.41, 5.74) is 2.16. The standard InChI is InChI=1S/C13H12N2O2/c1-15(12-3-2-8-14-9-12)11-6-4-10(5-7-11)13(16)17/h2-9H,1H3,(H,16,17). The van der Waals surface area contributed by atoms with Crippen molar-refractivity contribution in [3.05, 3.63) is 54.4 Å². The molecule has 0 radical (unpaired) electrons. The third kappa shape index (κ3) is 2.42. The van der Waals surface area contributed by atoms with Crippen LogP contribution in [0.15, 0.2) is 48.8 Å². The van der Waals surface area contributed by atoms with Gasteiger partial charge in [-0.2, -0.15) is 0 Å². The van der Waals surface area contributed by atoms with Crippen LogP contribution in [0.4, 0.5) is 11.4 Å². The highest BCUT2D eigenvalue weighted by Crippen LogP contribution is 2.22. The van der Waals surface area contributed by atoms with E-state index < -0.39 is 5.97 Å². The Balaban J connectivity index is 2.26. The maximum absolute atomic E-state index is 10.7. The molecule has 1 heterocycles. The van der Waals surface area contributed by atoms with Crippen LogP contribution in [-0.2, 0) is 0 Å². The molecule has 0 aliphatic heterocycles. The first-order valence-electron chi connectivity index (χ1n) is 5.15. The van der Waals surface area contributed by atoms with Crippen molar-refractivity contribution in [2.24, 2.45) is 0 Å². The molecule has 1 N–H and O–H groups in total. The highest BCUT2D eigenvalue weighted by molar-refractivity contribution is 5.88. The van der Waals surface area contributed by atoms with Crippen LogP contribution in [0, 0.1) is 0 Å². The Morgan fingerprint density at radius 2 is 1.88 bits per heavy atom. The lowest BCUT2D eigenvalue weighted by Gasteiger charge is -2.18. The monoisotopic (exact) mass is 228 g/mol. The van der Waals surface area contributed by atoms with E-state index in [1.54, 1.807) is 36.7 Å². The van der Waals surface area contributed by atoms with E-state index in [4.69, 9.17) is 5.11 Å². The van der Waals surface area contributed by atoms with E-state index >= 15 is 0 Å². The van der Waals surface area contributed by atoms with E-state index in [9.17, 15) is 4.79 Å². The zero-order valence-corrected chi connectivity index (χ0v) is 9.37. The first kappa shape index (κ1) is 11.1. The SMILES string of the molecule is CN(c1ccc(C(=O)O)cc1)c1cccnc1. The van der Waals surface area contributed by atoms with Crippen molar-refractivity contribution in [1.29, 1.82) is 0 Å². The van der Waals surface area contributed by atoms with Gasteiger partial charge in [0, 0.05) is 18.9 Å². The van der Waals surface area contributed by atoms with Crippen LogP contribution in [0.1, 0.15) is 10.4 Å². The van der Waals surface area contributed by atoms with E-state index in [0.717, 1.165) is 11.4 Å². The molecule has 2 aromatic rings. The van der Waals surface area contributed by atoms with E-state index in [1.807, 2.05) is 24.1 Å². The largest absolute Gasteiger partial charge is 0.478 e. The Morgan fingerprint density at radius 3 is 2.41 bits per heavy atom. The van der Waals surface area contributed by atoms with Crippen LogP contribution >= 0.6 is 0 Å². The van der Waals surface area contributed by atoms with Gasteiger partial charge in [-0.3, -0.25) is 4.98 Å². The van der Waals surface area contributed by atoms with Gasteiger partial charge in [-0.1, -0.05) is 0 Å². The molecule has 0 aliphatic rings. The summed E-state index contributed by atoms with van der Waals surface area (Å²) in [4.78, 5) is 16.7. The van der Waals surface area contributed by atoms with Gasteiger partial charge >= 0.3 is 5.97 Å². The number of carboxylic acid groups (broad SMARTS) is 1. The van der Waals surface area contributed by atoms with Gasteiger partial charge in [0.15, 0.2) is 0 Å². The van der Waals surface area contributed by atoms with E-state index in [1.165, 1.54) is 0 Å². The number of anilines is 2. The zero-order chi connectivity index (χ0) is 12.3. The van der Waals surface area contributed by atoms with Gasteiger partial charge in [0.2, 0.25) is 0 Å². The molecule has 86 valence electrons. The van der Waals surface area contributed by atoms with E-state index in [2.05, 4.69) is 4.98 Å². The normalized spacial score (nSPS) is 9.94. The van der Waals surface area contributed by atoms with Crippen molar-refractivity contribution < 1.29 is 9.90 Å². The number of hydrogen-bond donors (Lipinski definition) is 1. The summed E-state index contributed by atoms with van der Waals surface area (Å²) in [5.74, 6) is -0.916. The lowest BCUT2D eigenvalue weighted by atomic mass is 10.2. The topological polar surface area (TPSA) is 53.4 Å². The Morgan fingerprint density at radius 1 is 1.18 bits per heavy atom. The molecule has 4 nitrogen and oxygen atoms in total. The molecule has 0 atom stereocenters. The number of carbonyl (C=O) groups is 1. The van der Waals surface area contributed by atoms with Gasteiger partial charge in [-0.05, 0) is 36.4 Å². The number of aromatic nitrogens is 1. The van der Waals surface area contributed by atoms with Crippen LogP contribution in [0.25, 0.3) is 0 Å². The van der Waals surface area contributed by atoms with Gasteiger partial charge in [0.1, 0.15) is 0 Å². The van der Waals surface area contributed by atoms with Crippen molar-refractivity contribution in [2.75, 3.05) is 11.9 Å². The number of rotatable bonds is 3. The Hall–Kier alpha value is -2.36. The summed E-state index contributed by atoms with van der Waals surface area (Å²) >= 11 is 0. The number of nitrogens with zero attached hydrogens (tertiary/aromatic N) is 2. The van der Waals surface area contributed by atoms with Gasteiger partial charge in [-0.25, -0.2) is 4.79 Å². The Labute approximate surface area is 99.2 Å². The van der Waals surface area contributed by atoms with Crippen molar-refractivity contribution in [3.63, 3.8) is 0 Å². The highest BCUT2D eigenvalue weighted by atomic mass is 16.4. The quantitative estimate of drug-likeness (QED) is 0.877. The minimum Gasteiger partial charge on any atom is -0.478 e. The average Bonchev–Trinajstić information content (AvgIpc) is 2.39. The lowest BCUT2D eigenvalue weighted by Crippen LogP contribution is -2.09. The second-order valence-corrected chi connectivity index (χ2v) is 3.62. The summed E-state index contributed by atoms with van der Waals surface area (Å²) in [5, 5.41) is 8.81. The fourth-order valence-corrected chi connectivity index (χ4v) is 1.53. The number of benzene rings is 1. The van der Waals surface area contributed by atoms with Crippen LogP contribution in [0.2, 0.25) is 0 Å². The zero-order valence-electron chi connectivity index (χ0n) is 9.37. The summed E-state index contributed by atoms with van der Waals surface area (Å²) in [6.07, 6.45) is 3.47. The van der Waals surface area contributed by atoms with Crippen LogP contribution < -0.4 is 4.90 Å². The summed E-state index contributed by atoms with van der Waals surface area (Å²) < 4.78 is 0. The van der Waals surface area contributed by atoms with Crippen molar-refractivity contribution in [3.8, 4) is 0 Å². The molecule has 2 rings (SSSR count). The summed E-state index contributed by atoms with van der Waals surface area (Å²) in [6, 6.07) is 10.5. The fraction of sp³-hybridized carbons (Fsp3) is 0.0769. The van der Waals surface area contributed by atoms with Crippen molar-refractivity contribution in [2.45, 2.75) is 0 Å². The Kier molecular flexibility index (Phi) is 3.05. The second kappa shape index (κ2) is 4.65. The van der Waals surface area contributed by atoms with Crippen LogP contribution in [-0.4, -0.2) is 23.1 Å². The summed E-state index contributed by atoms with van der Waals surface area (Å²) in [6.45, 7) is 0. The first-order valence-corrected chi connectivity index (χ1v) is 5.15. The molecule has 1 aromatic heterocycles. The smallest absolute Gasteiger partial charge is 0.335 e. The number of carboxylic acids is 1. The number of pyridine rings is 1. The first-order chi connectivity index (χ1) is 8.18. The number of hydrogen-bond acceptors (Lipinski definition) is 3. The summed E-state index contributed by atoms with van der Waals surface area (Å²) in [7, 11) is 1.91. The highest BCUT2D eigenvalue weighted by Gasteiger charge is 2.06. The molecule has 0 unspecified atom stereocenters. The molecule has 0 saturated carbocycles. The second-order valence-electron chi connectivity index (χ2n) is 3.62. The van der Waals surface area contributed by atoms with Crippen LogP contribution in [0.5, 0.6) is 0 Å². The maximum atomic E-state index is 10.7. The molecular formula is C13H12N2O2. The third-order valence-electron chi connectivity index (χ3n) is 2.53. The predicted octanol–water partition coefficient (Wildman–Crippen LogP) is 2.55. The van der Waals surface area contributed by atoms with Gasteiger partial charge in [0.25, 0.3) is 0 Å². The number of aromatic carboxylic acids is 1. The van der Waals surface area contributed by atoms with Gasteiger partial charge in [-0.15, -0.1) is 0 Å². The van der Waals surface area contributed by atoms with Gasteiger partial charge < -0.3 is 10.0 Å². The molecule has 0 aliphatic carbocycles. The molecular weight excluding hydrogens is 216 g/mol.